The summed E-state index contributed by atoms with van der Waals surface area (Å²) < 4.78 is 24.5. The van der Waals surface area contributed by atoms with Gasteiger partial charge in [0.1, 0.15) is 0 Å². The van der Waals surface area contributed by atoms with Crippen LogP contribution in [0.1, 0.15) is 22.3 Å². The minimum Gasteiger partial charge on any atom is -0.325 e. The molecule has 1 amide bonds. The second-order valence-electron chi connectivity index (χ2n) is 8.39. The molecule has 2 aromatic carbocycles. The Kier molecular flexibility index (Phi) is 5.87. The summed E-state index contributed by atoms with van der Waals surface area (Å²) in [6, 6.07) is 11.5. The average molecular weight is 458 g/mol. The largest absolute Gasteiger partial charge is 0.325 e. The highest BCUT2D eigenvalue weighted by Crippen LogP contribution is 2.36. The van der Waals surface area contributed by atoms with Crippen LogP contribution in [0.15, 0.2) is 41.4 Å². The first-order valence-corrected chi connectivity index (χ1v) is 13.1. The van der Waals surface area contributed by atoms with Gasteiger partial charge in [-0.15, -0.1) is 0 Å². The number of benzene rings is 2. The molecular weight excluding hydrogens is 430 g/mol. The molecule has 0 aromatic heterocycles. The van der Waals surface area contributed by atoms with Gasteiger partial charge in [-0.2, -0.15) is 0 Å². The number of anilines is 2. The number of thioether (sulfide) groups is 1. The number of carbonyl (C=O) groups excluding carboxylic acids is 1. The smallest absolute Gasteiger partial charge is 0.234 e. The molecule has 6 nitrogen and oxygen atoms in total. The van der Waals surface area contributed by atoms with E-state index in [0.29, 0.717) is 5.17 Å². The Bertz CT molecular complexity index is 1150. The molecule has 0 saturated carbocycles. The molecule has 4 rings (SSSR count). The topological polar surface area (TPSA) is 78.8 Å². The molecule has 1 saturated heterocycles. The molecule has 1 fully saturated rings. The SMILES string of the molecule is Cc1ccc(N2C(SCC(=O)Nc3c(C)cccc3C)=N[C@@H]3CS(=O)(=O)C[C@H]32)c(C)c1. The fourth-order valence-electron chi connectivity index (χ4n) is 4.31. The van der Waals surface area contributed by atoms with Crippen LogP contribution in [0.25, 0.3) is 0 Å². The number of aliphatic imine (C=N–C) groups is 1. The van der Waals surface area contributed by atoms with E-state index >= 15 is 0 Å². The Morgan fingerprint density at radius 1 is 1.10 bits per heavy atom. The molecule has 0 bridgehead atoms. The fourth-order valence-corrected chi connectivity index (χ4v) is 7.07. The van der Waals surface area contributed by atoms with Crippen LogP contribution < -0.4 is 10.2 Å². The second-order valence-corrected chi connectivity index (χ2v) is 11.5. The fraction of sp³-hybridized carbons (Fsp3) is 0.391. The van der Waals surface area contributed by atoms with E-state index in [1.807, 2.05) is 62.9 Å². The maximum atomic E-state index is 12.7. The van der Waals surface area contributed by atoms with Gasteiger partial charge in [0.15, 0.2) is 15.0 Å². The van der Waals surface area contributed by atoms with Gasteiger partial charge in [-0.3, -0.25) is 9.79 Å². The summed E-state index contributed by atoms with van der Waals surface area (Å²) in [4.78, 5) is 19.4. The third-order valence-corrected chi connectivity index (χ3v) is 8.46. The van der Waals surface area contributed by atoms with Gasteiger partial charge in [-0.05, 0) is 50.5 Å². The normalized spacial score (nSPS) is 21.7. The maximum absolute atomic E-state index is 12.7. The van der Waals surface area contributed by atoms with Crippen LogP contribution in [0.3, 0.4) is 0 Å². The van der Waals surface area contributed by atoms with Gasteiger partial charge in [0.2, 0.25) is 5.91 Å². The lowest BCUT2D eigenvalue weighted by Gasteiger charge is -2.28. The highest BCUT2D eigenvalue weighted by atomic mass is 32.2. The van der Waals surface area contributed by atoms with Gasteiger partial charge in [0.25, 0.3) is 0 Å². The molecule has 2 aliphatic rings. The second kappa shape index (κ2) is 8.31. The van der Waals surface area contributed by atoms with E-state index in [2.05, 4.69) is 11.4 Å². The van der Waals surface area contributed by atoms with Crippen LogP contribution >= 0.6 is 11.8 Å². The van der Waals surface area contributed by atoms with Crippen molar-refractivity contribution >= 4 is 44.0 Å². The summed E-state index contributed by atoms with van der Waals surface area (Å²) in [7, 11) is -3.11. The van der Waals surface area contributed by atoms with Crippen LogP contribution in [0.4, 0.5) is 11.4 Å². The quantitative estimate of drug-likeness (QED) is 0.758. The van der Waals surface area contributed by atoms with E-state index in [0.717, 1.165) is 33.6 Å². The monoisotopic (exact) mass is 457 g/mol. The molecule has 2 heterocycles. The number of rotatable bonds is 4. The van der Waals surface area contributed by atoms with E-state index in [1.54, 1.807) is 0 Å². The zero-order valence-electron chi connectivity index (χ0n) is 18.2. The predicted molar refractivity (Wildman–Crippen MR) is 129 cm³/mol. The lowest BCUT2D eigenvalue weighted by Crippen LogP contribution is -2.39. The predicted octanol–water partition coefficient (Wildman–Crippen LogP) is 3.63. The zero-order valence-corrected chi connectivity index (χ0v) is 19.8. The van der Waals surface area contributed by atoms with E-state index in [9.17, 15) is 13.2 Å². The van der Waals surface area contributed by atoms with Crippen molar-refractivity contribution in [3.05, 3.63) is 58.7 Å². The highest BCUT2D eigenvalue weighted by Gasteiger charge is 2.47. The standard InChI is InChI=1S/C23H27N3O3S2/c1-14-8-9-19(17(4)10-14)26-20-13-31(28,29)12-18(20)24-23(26)30-11-21(27)25-22-15(2)6-5-7-16(22)3/h5-10,18,20H,11-13H2,1-4H3,(H,25,27)/t18-,20-/m1/s1. The first-order chi connectivity index (χ1) is 14.6. The van der Waals surface area contributed by atoms with Crippen molar-refractivity contribution in [3.63, 3.8) is 0 Å². The molecule has 8 heteroatoms. The third-order valence-electron chi connectivity index (χ3n) is 5.80. The van der Waals surface area contributed by atoms with Crippen molar-refractivity contribution in [2.45, 2.75) is 39.8 Å². The minimum atomic E-state index is -3.11. The van der Waals surface area contributed by atoms with Crippen molar-refractivity contribution in [2.75, 3.05) is 27.5 Å². The van der Waals surface area contributed by atoms with Crippen LogP contribution in [-0.4, -0.2) is 48.8 Å². The number of para-hydroxylation sites is 1. The molecule has 164 valence electrons. The Hall–Kier alpha value is -2.32. The molecular formula is C23H27N3O3S2. The number of aryl methyl sites for hydroxylation is 4. The average Bonchev–Trinajstić information content (AvgIpc) is 3.15. The maximum Gasteiger partial charge on any atom is 0.234 e. The lowest BCUT2D eigenvalue weighted by molar-refractivity contribution is -0.113. The summed E-state index contributed by atoms with van der Waals surface area (Å²) >= 11 is 1.36. The number of carbonyl (C=O) groups is 1. The van der Waals surface area contributed by atoms with Gasteiger partial charge >= 0.3 is 0 Å². The first kappa shape index (κ1) is 21.9. The Morgan fingerprint density at radius 3 is 2.48 bits per heavy atom. The number of nitrogens with zero attached hydrogens (tertiary/aromatic N) is 2. The number of fused-ring (bicyclic) bond motifs is 1. The molecule has 0 unspecified atom stereocenters. The Morgan fingerprint density at radius 2 is 1.81 bits per heavy atom. The van der Waals surface area contributed by atoms with Gasteiger partial charge in [0.05, 0.1) is 29.3 Å². The van der Waals surface area contributed by atoms with Crippen LogP contribution in [0, 0.1) is 27.7 Å². The number of hydrogen-bond acceptors (Lipinski definition) is 6. The molecule has 1 N–H and O–H groups in total. The van der Waals surface area contributed by atoms with Crippen LogP contribution in [0.2, 0.25) is 0 Å². The molecule has 0 radical (unpaired) electrons. The summed E-state index contributed by atoms with van der Waals surface area (Å²) in [6.45, 7) is 8.00. The van der Waals surface area contributed by atoms with Crippen molar-refractivity contribution in [1.82, 2.24) is 0 Å². The Labute approximate surface area is 188 Å². The van der Waals surface area contributed by atoms with Crippen molar-refractivity contribution in [3.8, 4) is 0 Å². The summed E-state index contributed by atoms with van der Waals surface area (Å²) in [5.41, 5.74) is 6.06. The van der Waals surface area contributed by atoms with E-state index in [-0.39, 0.29) is 35.2 Å². The van der Waals surface area contributed by atoms with E-state index < -0.39 is 9.84 Å². The summed E-state index contributed by atoms with van der Waals surface area (Å²) in [5.74, 6) is 0.265. The van der Waals surface area contributed by atoms with Gasteiger partial charge < -0.3 is 10.2 Å². The van der Waals surface area contributed by atoms with E-state index in [1.165, 1.54) is 11.8 Å². The molecule has 0 aliphatic carbocycles. The molecule has 2 atom stereocenters. The van der Waals surface area contributed by atoms with Crippen LogP contribution in [0.5, 0.6) is 0 Å². The first-order valence-electron chi connectivity index (χ1n) is 10.3. The molecule has 0 spiro atoms. The van der Waals surface area contributed by atoms with Crippen LogP contribution in [-0.2, 0) is 14.6 Å². The lowest BCUT2D eigenvalue weighted by atomic mass is 10.1. The van der Waals surface area contributed by atoms with Crippen molar-refractivity contribution in [2.24, 2.45) is 4.99 Å². The number of hydrogen-bond donors (Lipinski definition) is 1. The highest BCUT2D eigenvalue weighted by molar-refractivity contribution is 8.14. The molecule has 31 heavy (non-hydrogen) atoms. The number of amides is 1. The Balaban J connectivity index is 1.55. The minimum absolute atomic E-state index is 0.0672. The number of amidine groups is 1. The van der Waals surface area contributed by atoms with E-state index in [4.69, 9.17) is 4.99 Å². The molecule has 2 aromatic rings. The van der Waals surface area contributed by atoms with Gasteiger partial charge in [0, 0.05) is 11.4 Å². The summed E-state index contributed by atoms with van der Waals surface area (Å²) in [6.07, 6.45) is 0. The van der Waals surface area contributed by atoms with Gasteiger partial charge in [-0.25, -0.2) is 8.42 Å². The third kappa shape index (κ3) is 4.50. The van der Waals surface area contributed by atoms with Crippen molar-refractivity contribution in [1.29, 1.82) is 0 Å². The zero-order chi connectivity index (χ0) is 22.3. The molecule has 2 aliphatic heterocycles. The number of sulfone groups is 1. The van der Waals surface area contributed by atoms with Crippen molar-refractivity contribution < 1.29 is 13.2 Å². The summed E-state index contributed by atoms with van der Waals surface area (Å²) in [5, 5.41) is 3.73. The number of nitrogens with one attached hydrogen (secondary N) is 1. The van der Waals surface area contributed by atoms with Gasteiger partial charge in [-0.1, -0.05) is 47.7 Å².